The highest BCUT2D eigenvalue weighted by Gasteiger charge is 2.15. The van der Waals surface area contributed by atoms with Gasteiger partial charge < -0.3 is 4.90 Å². The zero-order valence-corrected chi connectivity index (χ0v) is 14.0. The Morgan fingerprint density at radius 2 is 2.29 bits per heavy atom. The quantitative estimate of drug-likeness (QED) is 0.769. The van der Waals surface area contributed by atoms with Crippen molar-refractivity contribution in [2.45, 2.75) is 17.8 Å². The molecule has 0 saturated heterocycles. The number of nitrogens with zero attached hydrogens (tertiary/aromatic N) is 2. The number of aryl methyl sites for hydroxylation is 1. The molecule has 0 radical (unpaired) electrons. The number of amides is 1. The summed E-state index contributed by atoms with van der Waals surface area (Å²) in [5, 5.41) is 2.27. The third-order valence-electron chi connectivity index (χ3n) is 2.80. The molecule has 3 nitrogen and oxygen atoms in total. The van der Waals surface area contributed by atoms with Gasteiger partial charge in [0.1, 0.15) is 5.82 Å². The van der Waals surface area contributed by atoms with E-state index in [1.165, 1.54) is 34.1 Å². The highest BCUT2D eigenvalue weighted by molar-refractivity contribution is 8.01. The van der Waals surface area contributed by atoms with Crippen molar-refractivity contribution in [1.29, 1.82) is 0 Å². The first-order valence-corrected chi connectivity index (χ1v) is 8.43. The second kappa shape index (κ2) is 7.24. The van der Waals surface area contributed by atoms with E-state index >= 15 is 0 Å². The Bertz CT molecular complexity index is 627. The lowest BCUT2D eigenvalue weighted by atomic mass is 10.2. The van der Waals surface area contributed by atoms with Crippen LogP contribution in [0.25, 0.3) is 0 Å². The van der Waals surface area contributed by atoms with Crippen LogP contribution in [0, 0.1) is 12.7 Å². The molecule has 0 saturated carbocycles. The molecule has 7 heteroatoms. The Kier molecular flexibility index (Phi) is 5.61. The normalized spacial score (nSPS) is 10.7. The first kappa shape index (κ1) is 16.3. The van der Waals surface area contributed by atoms with Crippen molar-refractivity contribution >= 4 is 40.6 Å². The number of hydrogen-bond acceptors (Lipinski definition) is 4. The van der Waals surface area contributed by atoms with E-state index in [1.807, 2.05) is 12.3 Å². The van der Waals surface area contributed by atoms with E-state index in [-0.39, 0.29) is 18.2 Å². The second-order valence-corrected chi connectivity index (χ2v) is 6.98. The Hall–Kier alpha value is -1.11. The number of rotatable bonds is 5. The molecule has 1 amide bonds. The summed E-state index contributed by atoms with van der Waals surface area (Å²) in [6.45, 7) is 2.07. The molecule has 0 aliphatic carbocycles. The molecule has 0 N–H and O–H groups in total. The Morgan fingerprint density at radius 1 is 1.52 bits per heavy atom. The Balaban J connectivity index is 1.93. The third kappa shape index (κ3) is 4.43. The number of thiazole rings is 1. The zero-order valence-electron chi connectivity index (χ0n) is 11.6. The molecule has 0 bridgehead atoms. The van der Waals surface area contributed by atoms with Crippen molar-refractivity contribution in [2.24, 2.45) is 0 Å². The van der Waals surface area contributed by atoms with E-state index in [0.717, 1.165) is 10.0 Å². The highest BCUT2D eigenvalue weighted by atomic mass is 35.5. The predicted octanol–water partition coefficient (Wildman–Crippen LogP) is 3.99. The Morgan fingerprint density at radius 3 is 2.90 bits per heavy atom. The van der Waals surface area contributed by atoms with E-state index < -0.39 is 5.82 Å². The van der Waals surface area contributed by atoms with Gasteiger partial charge in [0.15, 0.2) is 4.34 Å². The first-order valence-electron chi connectivity index (χ1n) is 6.19. The van der Waals surface area contributed by atoms with Gasteiger partial charge in [-0.05, 0) is 19.1 Å². The minimum atomic E-state index is -0.398. The molecular formula is C14H14ClFN2OS2. The van der Waals surface area contributed by atoms with Crippen LogP contribution in [0.5, 0.6) is 0 Å². The number of thioether (sulfide) groups is 1. The topological polar surface area (TPSA) is 33.2 Å². The molecule has 21 heavy (non-hydrogen) atoms. The fourth-order valence-corrected chi connectivity index (χ4v) is 3.65. The van der Waals surface area contributed by atoms with Crippen LogP contribution in [0.15, 0.2) is 27.9 Å². The van der Waals surface area contributed by atoms with Crippen LogP contribution >= 0.6 is 34.7 Å². The number of aromatic nitrogens is 1. The number of halogens is 2. The molecule has 0 atom stereocenters. The van der Waals surface area contributed by atoms with Crippen LogP contribution < -0.4 is 0 Å². The molecule has 0 aliphatic rings. The summed E-state index contributed by atoms with van der Waals surface area (Å²) in [5.41, 5.74) is 1.28. The predicted molar refractivity (Wildman–Crippen MR) is 85.5 cm³/mol. The average Bonchev–Trinajstić information content (AvgIpc) is 2.86. The molecule has 0 spiro atoms. The van der Waals surface area contributed by atoms with Gasteiger partial charge in [-0.3, -0.25) is 4.79 Å². The summed E-state index contributed by atoms with van der Waals surface area (Å²) in [4.78, 5) is 17.8. The maximum atomic E-state index is 13.7. The molecule has 1 aromatic carbocycles. The average molecular weight is 345 g/mol. The van der Waals surface area contributed by atoms with Crippen molar-refractivity contribution in [3.63, 3.8) is 0 Å². The third-order valence-corrected chi connectivity index (χ3v) is 5.28. The molecule has 1 aromatic heterocycles. The summed E-state index contributed by atoms with van der Waals surface area (Å²) in [6.07, 6.45) is 0. The van der Waals surface area contributed by atoms with Crippen LogP contribution in [0.2, 0.25) is 5.02 Å². The lowest BCUT2D eigenvalue weighted by molar-refractivity contribution is -0.127. The minimum Gasteiger partial charge on any atom is -0.341 e. The van der Waals surface area contributed by atoms with Gasteiger partial charge in [-0.1, -0.05) is 29.4 Å². The first-order chi connectivity index (χ1) is 9.97. The number of carbonyl (C=O) groups excluding carboxylic acids is 1. The zero-order chi connectivity index (χ0) is 15.4. The second-order valence-electron chi connectivity index (χ2n) is 4.49. The van der Waals surface area contributed by atoms with Gasteiger partial charge in [-0.15, -0.1) is 11.3 Å². The molecule has 1 heterocycles. The minimum absolute atomic E-state index is 0.0906. The Labute approximate surface area is 136 Å². The largest absolute Gasteiger partial charge is 0.341 e. The van der Waals surface area contributed by atoms with Gasteiger partial charge in [0.25, 0.3) is 0 Å². The van der Waals surface area contributed by atoms with E-state index in [9.17, 15) is 9.18 Å². The lowest BCUT2D eigenvalue weighted by Crippen LogP contribution is -2.28. The monoisotopic (exact) mass is 344 g/mol. The number of benzene rings is 1. The molecule has 0 unspecified atom stereocenters. The van der Waals surface area contributed by atoms with Crippen LogP contribution in [0.3, 0.4) is 0 Å². The van der Waals surface area contributed by atoms with Gasteiger partial charge in [-0.2, -0.15) is 0 Å². The fourth-order valence-electron chi connectivity index (χ4n) is 1.64. The van der Waals surface area contributed by atoms with Crippen LogP contribution in [-0.2, 0) is 11.3 Å². The van der Waals surface area contributed by atoms with Gasteiger partial charge in [0.2, 0.25) is 5.91 Å². The standard InChI is InChI=1S/C14H14ClFN2OS2/c1-9-7-20-14(17-9)21-8-13(19)18(2)6-10-11(15)4-3-5-12(10)16/h3-5,7H,6,8H2,1-2H3. The lowest BCUT2D eigenvalue weighted by Gasteiger charge is -2.18. The highest BCUT2D eigenvalue weighted by Crippen LogP contribution is 2.24. The molecular weight excluding hydrogens is 331 g/mol. The van der Waals surface area contributed by atoms with E-state index in [2.05, 4.69) is 4.98 Å². The maximum absolute atomic E-state index is 13.7. The van der Waals surface area contributed by atoms with Crippen molar-refractivity contribution in [3.8, 4) is 0 Å². The van der Waals surface area contributed by atoms with E-state index in [1.54, 1.807) is 19.2 Å². The summed E-state index contributed by atoms with van der Waals surface area (Å²) >= 11 is 8.86. The molecule has 2 rings (SSSR count). The van der Waals surface area contributed by atoms with Crippen LogP contribution in [-0.4, -0.2) is 28.6 Å². The molecule has 0 fully saturated rings. The van der Waals surface area contributed by atoms with Gasteiger partial charge in [-0.25, -0.2) is 9.37 Å². The van der Waals surface area contributed by atoms with Gasteiger partial charge in [0.05, 0.1) is 5.75 Å². The van der Waals surface area contributed by atoms with Crippen LogP contribution in [0.1, 0.15) is 11.3 Å². The fraction of sp³-hybridized carbons (Fsp3) is 0.286. The SMILES string of the molecule is Cc1csc(SCC(=O)N(C)Cc2c(F)cccc2Cl)n1. The summed E-state index contributed by atoms with van der Waals surface area (Å²) in [6, 6.07) is 4.50. The van der Waals surface area contributed by atoms with Crippen LogP contribution in [0.4, 0.5) is 4.39 Å². The molecule has 2 aromatic rings. The van der Waals surface area contributed by atoms with Gasteiger partial charge >= 0.3 is 0 Å². The molecule has 0 aliphatic heterocycles. The van der Waals surface area contributed by atoms with E-state index in [0.29, 0.717) is 10.6 Å². The summed E-state index contributed by atoms with van der Waals surface area (Å²) in [7, 11) is 1.64. The maximum Gasteiger partial charge on any atom is 0.233 e. The molecule has 112 valence electrons. The van der Waals surface area contributed by atoms with Crippen molar-refractivity contribution in [1.82, 2.24) is 9.88 Å². The van der Waals surface area contributed by atoms with Crippen molar-refractivity contribution in [3.05, 3.63) is 45.7 Å². The van der Waals surface area contributed by atoms with Crippen molar-refractivity contribution < 1.29 is 9.18 Å². The summed E-state index contributed by atoms with van der Waals surface area (Å²) in [5.74, 6) is -0.215. The number of hydrogen-bond donors (Lipinski definition) is 0. The van der Waals surface area contributed by atoms with E-state index in [4.69, 9.17) is 11.6 Å². The summed E-state index contributed by atoms with van der Waals surface area (Å²) < 4.78 is 14.6. The number of carbonyl (C=O) groups is 1. The van der Waals surface area contributed by atoms with Gasteiger partial charge in [0, 0.05) is 35.3 Å². The smallest absolute Gasteiger partial charge is 0.233 e. The van der Waals surface area contributed by atoms with Crippen molar-refractivity contribution in [2.75, 3.05) is 12.8 Å².